The minimum Gasteiger partial charge on any atom is -0.491 e. The minimum absolute atomic E-state index is 0.115. The number of rotatable bonds is 24. The Labute approximate surface area is 322 Å². The van der Waals surface area contributed by atoms with E-state index < -0.39 is 17.9 Å². The number of allylic oxidation sites excluding steroid dienone is 1. The molecule has 2 aromatic carbocycles. The molecule has 0 bridgehead atoms. The summed E-state index contributed by atoms with van der Waals surface area (Å²) < 4.78 is 17.9. The number of para-hydroxylation sites is 2. The van der Waals surface area contributed by atoms with Crippen LogP contribution >= 0.6 is 11.8 Å². The van der Waals surface area contributed by atoms with Crippen LogP contribution in [0.15, 0.2) is 70.2 Å². The summed E-state index contributed by atoms with van der Waals surface area (Å²) in [4.78, 5) is 36.1. The van der Waals surface area contributed by atoms with E-state index in [1.165, 1.54) is 82.4 Å². The fourth-order valence-electron chi connectivity index (χ4n) is 7.19. The summed E-state index contributed by atoms with van der Waals surface area (Å²) in [6.45, 7) is 12.2. The summed E-state index contributed by atoms with van der Waals surface area (Å²) in [7, 11) is 0. The summed E-state index contributed by atoms with van der Waals surface area (Å²) >= 11 is 1.50. The molecule has 290 valence electrons. The fraction of sp³-hybridized carbons (Fsp3) is 0.568. The fourth-order valence-corrected chi connectivity index (χ4v) is 8.05. The number of hydrogen-bond donors (Lipinski definition) is 2. The van der Waals surface area contributed by atoms with Crippen LogP contribution in [0.5, 0.6) is 5.75 Å². The van der Waals surface area contributed by atoms with Gasteiger partial charge in [0.25, 0.3) is 0 Å². The van der Waals surface area contributed by atoms with Crippen molar-refractivity contribution in [2.75, 3.05) is 19.0 Å². The molecule has 1 aliphatic heterocycles. The van der Waals surface area contributed by atoms with Crippen molar-refractivity contribution in [2.45, 2.75) is 149 Å². The predicted octanol–water partition coefficient (Wildman–Crippen LogP) is 11.1. The van der Waals surface area contributed by atoms with Crippen molar-refractivity contribution < 1.29 is 23.8 Å². The van der Waals surface area contributed by atoms with Gasteiger partial charge in [0.1, 0.15) is 5.75 Å². The molecule has 1 atom stereocenters. The molecule has 9 heteroatoms. The monoisotopic (exact) mass is 745 g/mol. The Morgan fingerprint density at radius 3 is 1.98 bits per heavy atom. The number of carbonyl (C=O) groups is 2. The summed E-state index contributed by atoms with van der Waals surface area (Å²) in [5.74, 6) is -0.600. The maximum atomic E-state index is 14.1. The van der Waals surface area contributed by atoms with E-state index in [2.05, 4.69) is 23.3 Å². The number of unbranched alkanes of at least 4 members (excludes halogenated alkanes) is 12. The van der Waals surface area contributed by atoms with Crippen LogP contribution in [0.4, 0.5) is 0 Å². The van der Waals surface area contributed by atoms with Crippen LogP contribution in [0, 0.1) is 0 Å². The van der Waals surface area contributed by atoms with Crippen LogP contribution in [0.2, 0.25) is 0 Å². The molecule has 0 saturated carbocycles. The number of aryl methyl sites for hydroxylation is 1. The topological polar surface area (TPSA) is 103 Å². The van der Waals surface area contributed by atoms with Crippen molar-refractivity contribution in [3.8, 4) is 5.75 Å². The molecule has 0 amide bonds. The summed E-state index contributed by atoms with van der Waals surface area (Å²) in [5, 5.41) is 4.17. The summed E-state index contributed by atoms with van der Waals surface area (Å²) in [6, 6.07) is 14.0. The molecule has 3 aromatic rings. The molecule has 0 aliphatic carbocycles. The van der Waals surface area contributed by atoms with E-state index in [1.54, 1.807) is 13.8 Å². The second-order valence-corrected chi connectivity index (χ2v) is 15.2. The molecular formula is C44H63N3O5S. The van der Waals surface area contributed by atoms with Gasteiger partial charge in [-0.2, -0.15) is 0 Å². The Morgan fingerprint density at radius 1 is 0.774 bits per heavy atom. The van der Waals surface area contributed by atoms with Crippen LogP contribution in [-0.4, -0.2) is 47.0 Å². The summed E-state index contributed by atoms with van der Waals surface area (Å²) in [5.41, 5.74) is 5.85. The van der Waals surface area contributed by atoms with E-state index in [1.807, 2.05) is 57.2 Å². The number of nitrogens with zero attached hydrogens (tertiary/aromatic N) is 1. The Morgan fingerprint density at radius 2 is 1.38 bits per heavy atom. The van der Waals surface area contributed by atoms with Crippen LogP contribution in [0.25, 0.3) is 11.0 Å². The number of imidazole rings is 1. The molecule has 0 saturated heterocycles. The first-order chi connectivity index (χ1) is 25.8. The number of ether oxygens (including phenoxy) is 3. The number of dihydropyridines is 1. The van der Waals surface area contributed by atoms with Gasteiger partial charge in [-0.3, -0.25) is 0 Å². The first-order valence-electron chi connectivity index (χ1n) is 20.2. The largest absolute Gasteiger partial charge is 0.491 e. The third-order valence-corrected chi connectivity index (χ3v) is 10.6. The Bertz CT molecular complexity index is 1640. The molecule has 1 aromatic heterocycles. The smallest absolute Gasteiger partial charge is 0.336 e. The van der Waals surface area contributed by atoms with Crippen molar-refractivity contribution >= 4 is 34.7 Å². The lowest BCUT2D eigenvalue weighted by Crippen LogP contribution is -2.35. The predicted molar refractivity (Wildman–Crippen MR) is 217 cm³/mol. The molecule has 1 unspecified atom stereocenters. The zero-order valence-corrected chi connectivity index (χ0v) is 33.9. The first-order valence-corrected chi connectivity index (χ1v) is 21.2. The maximum absolute atomic E-state index is 14.1. The second-order valence-electron chi connectivity index (χ2n) is 14.3. The normalized spacial score (nSPS) is 14.6. The van der Waals surface area contributed by atoms with Crippen molar-refractivity contribution in [1.82, 2.24) is 15.3 Å². The lowest BCUT2D eigenvalue weighted by molar-refractivity contribution is -0.139. The van der Waals surface area contributed by atoms with Gasteiger partial charge in [0.05, 0.1) is 47.4 Å². The van der Waals surface area contributed by atoms with E-state index in [9.17, 15) is 9.59 Å². The number of aromatic nitrogens is 2. The highest BCUT2D eigenvalue weighted by Crippen LogP contribution is 2.46. The SMILES string of the molecule is CCCCCCCCCCCCCCCc1cccc(OC(C)C)c1C1C(C(=O)OCC)=C(C)NC(CSc2nc3ccccc3[nH]2)=C1C(=O)OCC. The molecular weight excluding hydrogens is 683 g/mol. The van der Waals surface area contributed by atoms with E-state index in [4.69, 9.17) is 19.2 Å². The van der Waals surface area contributed by atoms with Crippen molar-refractivity contribution in [3.63, 3.8) is 0 Å². The van der Waals surface area contributed by atoms with Gasteiger partial charge in [-0.05, 0) is 71.2 Å². The lowest BCUT2D eigenvalue weighted by Gasteiger charge is -2.33. The highest BCUT2D eigenvalue weighted by molar-refractivity contribution is 7.99. The lowest BCUT2D eigenvalue weighted by atomic mass is 9.77. The zero-order valence-electron chi connectivity index (χ0n) is 33.1. The van der Waals surface area contributed by atoms with Crippen molar-refractivity contribution in [1.29, 1.82) is 0 Å². The Balaban J connectivity index is 1.61. The number of benzene rings is 2. The number of H-pyrrole nitrogens is 1. The zero-order chi connectivity index (χ0) is 38.0. The first kappa shape index (κ1) is 42.0. The molecule has 0 fully saturated rings. The maximum Gasteiger partial charge on any atom is 0.336 e. The van der Waals surface area contributed by atoms with Gasteiger partial charge in [-0.25, -0.2) is 14.6 Å². The number of thioether (sulfide) groups is 1. The van der Waals surface area contributed by atoms with Gasteiger partial charge >= 0.3 is 11.9 Å². The second kappa shape index (κ2) is 22.5. The van der Waals surface area contributed by atoms with Gasteiger partial charge in [-0.15, -0.1) is 0 Å². The molecule has 2 N–H and O–H groups in total. The van der Waals surface area contributed by atoms with E-state index in [0.29, 0.717) is 34.0 Å². The van der Waals surface area contributed by atoms with Crippen molar-refractivity contribution in [2.24, 2.45) is 0 Å². The molecule has 4 rings (SSSR count). The third kappa shape index (κ3) is 12.4. The van der Waals surface area contributed by atoms with Crippen LogP contribution in [0.1, 0.15) is 142 Å². The number of aromatic amines is 1. The van der Waals surface area contributed by atoms with Crippen LogP contribution in [-0.2, 0) is 25.5 Å². The standard InChI is InChI=1S/C44H63N3O5S/c1-7-10-11-12-13-14-15-16-17-18-19-20-21-25-33-26-24-29-37(52-31(4)5)39(33)41-38(42(48)50-8-2)32(6)45-36(40(41)43(49)51-9-3)30-53-44-46-34-27-22-23-28-35(34)47-44/h22-24,26-29,31,41,45H,7-21,25,30H2,1-6H3,(H,46,47). The van der Waals surface area contributed by atoms with Crippen LogP contribution in [0.3, 0.4) is 0 Å². The molecule has 1 aliphatic rings. The highest BCUT2D eigenvalue weighted by Gasteiger charge is 2.41. The average Bonchev–Trinajstić information content (AvgIpc) is 3.55. The number of fused-ring (bicyclic) bond motifs is 1. The third-order valence-electron chi connectivity index (χ3n) is 9.71. The molecule has 53 heavy (non-hydrogen) atoms. The Kier molecular flexibility index (Phi) is 17.8. The van der Waals surface area contributed by atoms with E-state index >= 15 is 0 Å². The van der Waals surface area contributed by atoms with Gasteiger partial charge < -0.3 is 24.5 Å². The van der Waals surface area contributed by atoms with Crippen LogP contribution < -0.4 is 10.1 Å². The molecule has 0 spiro atoms. The quantitative estimate of drug-likeness (QED) is 0.0531. The average molecular weight is 746 g/mol. The number of carbonyl (C=O) groups excluding carboxylic acids is 2. The number of esters is 2. The number of hydrogen-bond acceptors (Lipinski definition) is 8. The van der Waals surface area contributed by atoms with Gasteiger partial charge in [0, 0.05) is 22.7 Å². The molecule has 2 heterocycles. The highest BCUT2D eigenvalue weighted by atomic mass is 32.2. The van der Waals surface area contributed by atoms with E-state index in [-0.39, 0.29) is 19.3 Å². The Hall–Kier alpha value is -3.72. The van der Waals surface area contributed by atoms with Gasteiger partial charge in [0.2, 0.25) is 0 Å². The summed E-state index contributed by atoms with van der Waals surface area (Å²) in [6.07, 6.45) is 17.4. The molecule has 0 radical (unpaired) electrons. The van der Waals surface area contributed by atoms with E-state index in [0.717, 1.165) is 46.6 Å². The van der Waals surface area contributed by atoms with Gasteiger partial charge in [0.15, 0.2) is 5.16 Å². The van der Waals surface area contributed by atoms with Gasteiger partial charge in [-0.1, -0.05) is 120 Å². The molecule has 8 nitrogen and oxygen atoms in total. The minimum atomic E-state index is -0.743. The number of nitrogens with one attached hydrogen (secondary N) is 2. The van der Waals surface area contributed by atoms with Crippen molar-refractivity contribution in [3.05, 3.63) is 76.1 Å².